The van der Waals surface area contributed by atoms with E-state index < -0.39 is 10.7 Å². The normalized spacial score (nSPS) is 10.8. The highest BCUT2D eigenvalue weighted by Gasteiger charge is 2.12. The lowest BCUT2D eigenvalue weighted by Crippen LogP contribution is -1.90. The second kappa shape index (κ2) is 5.02. The Morgan fingerprint density at radius 3 is 2.81 bits per heavy atom. The molecule has 0 amide bonds. The van der Waals surface area contributed by atoms with Crippen molar-refractivity contribution in [1.29, 1.82) is 0 Å². The van der Waals surface area contributed by atoms with Gasteiger partial charge in [0.1, 0.15) is 11.3 Å². The van der Waals surface area contributed by atoms with Crippen LogP contribution in [0.3, 0.4) is 0 Å². The van der Waals surface area contributed by atoms with Gasteiger partial charge < -0.3 is 9.73 Å². The van der Waals surface area contributed by atoms with Crippen LogP contribution < -0.4 is 5.32 Å². The van der Waals surface area contributed by atoms with Crippen LogP contribution >= 0.6 is 11.6 Å². The molecule has 0 bridgehead atoms. The van der Waals surface area contributed by atoms with Gasteiger partial charge >= 0.3 is 0 Å². The van der Waals surface area contributed by atoms with Crippen LogP contribution in [0.5, 0.6) is 0 Å². The van der Waals surface area contributed by atoms with Crippen LogP contribution in [0.25, 0.3) is 11.1 Å². The average Bonchev–Trinajstić information content (AvgIpc) is 2.84. The molecule has 8 heteroatoms. The number of nitro groups is 1. The number of halogens is 2. The summed E-state index contributed by atoms with van der Waals surface area (Å²) in [4.78, 5) is 14.3. The molecule has 6 nitrogen and oxygen atoms in total. The Bertz CT molecular complexity index is 850. The van der Waals surface area contributed by atoms with Gasteiger partial charge in [0.25, 0.3) is 11.7 Å². The molecule has 0 aliphatic heterocycles. The number of fused-ring (bicyclic) bond motifs is 1. The Labute approximate surface area is 122 Å². The Balaban J connectivity index is 1.93. The summed E-state index contributed by atoms with van der Waals surface area (Å²) < 4.78 is 18.4. The van der Waals surface area contributed by atoms with E-state index in [1.807, 2.05) is 0 Å². The fraction of sp³-hybridized carbons (Fsp3) is 0. The van der Waals surface area contributed by atoms with Crippen molar-refractivity contribution >= 4 is 40.1 Å². The quantitative estimate of drug-likeness (QED) is 0.577. The summed E-state index contributed by atoms with van der Waals surface area (Å²) in [6, 6.07) is 8.30. The van der Waals surface area contributed by atoms with E-state index in [1.165, 1.54) is 36.4 Å². The van der Waals surface area contributed by atoms with Crippen molar-refractivity contribution in [3.63, 3.8) is 0 Å². The lowest BCUT2D eigenvalue weighted by Gasteiger charge is -2.02. The standard InChI is InChI=1S/C13H7ClFN3O3/c14-9-5-7(1-3-10(9)15)16-13-17-11-4-2-8(18(19)20)6-12(11)21-13/h1-6H,(H,16,17). The van der Waals surface area contributed by atoms with Crippen molar-refractivity contribution in [2.24, 2.45) is 0 Å². The maximum Gasteiger partial charge on any atom is 0.300 e. The number of oxazole rings is 1. The summed E-state index contributed by atoms with van der Waals surface area (Å²) in [5.74, 6) is -0.532. The van der Waals surface area contributed by atoms with Crippen LogP contribution in [0, 0.1) is 15.9 Å². The predicted molar refractivity (Wildman–Crippen MR) is 75.4 cm³/mol. The third kappa shape index (κ3) is 2.63. The van der Waals surface area contributed by atoms with Crippen LogP contribution in [0.2, 0.25) is 5.02 Å². The van der Waals surface area contributed by atoms with Gasteiger partial charge in [-0.3, -0.25) is 10.1 Å². The third-order valence-electron chi connectivity index (χ3n) is 2.75. The van der Waals surface area contributed by atoms with Crippen LogP contribution in [0.15, 0.2) is 40.8 Å². The van der Waals surface area contributed by atoms with Crippen molar-refractivity contribution in [1.82, 2.24) is 4.98 Å². The van der Waals surface area contributed by atoms with Crippen molar-refractivity contribution in [2.45, 2.75) is 0 Å². The molecule has 0 saturated carbocycles. The van der Waals surface area contributed by atoms with E-state index in [9.17, 15) is 14.5 Å². The van der Waals surface area contributed by atoms with E-state index in [2.05, 4.69) is 10.3 Å². The van der Waals surface area contributed by atoms with E-state index in [0.29, 0.717) is 11.2 Å². The van der Waals surface area contributed by atoms with Crippen molar-refractivity contribution in [2.75, 3.05) is 5.32 Å². The number of aromatic nitrogens is 1. The first-order valence-corrected chi connectivity index (χ1v) is 6.18. The van der Waals surface area contributed by atoms with E-state index in [-0.39, 0.29) is 22.3 Å². The van der Waals surface area contributed by atoms with E-state index in [1.54, 1.807) is 0 Å². The molecular weight excluding hydrogens is 301 g/mol. The summed E-state index contributed by atoms with van der Waals surface area (Å²) in [6.07, 6.45) is 0. The SMILES string of the molecule is O=[N+]([O-])c1ccc2nc(Nc3ccc(F)c(Cl)c3)oc2c1. The minimum Gasteiger partial charge on any atom is -0.423 e. The van der Waals surface area contributed by atoms with Gasteiger partial charge in [-0.1, -0.05) is 11.6 Å². The number of benzene rings is 2. The molecule has 0 saturated heterocycles. The molecule has 21 heavy (non-hydrogen) atoms. The van der Waals surface area contributed by atoms with Gasteiger partial charge in [0.15, 0.2) is 5.58 Å². The fourth-order valence-corrected chi connectivity index (χ4v) is 1.96. The molecule has 1 heterocycles. The Kier molecular flexibility index (Phi) is 3.19. The monoisotopic (exact) mass is 307 g/mol. The molecule has 2 aromatic carbocycles. The summed E-state index contributed by atoms with van der Waals surface area (Å²) in [5, 5.41) is 13.5. The molecule has 1 N–H and O–H groups in total. The Morgan fingerprint density at radius 1 is 1.29 bits per heavy atom. The first-order chi connectivity index (χ1) is 10.0. The van der Waals surface area contributed by atoms with Crippen LogP contribution in [0.4, 0.5) is 21.8 Å². The van der Waals surface area contributed by atoms with Crippen molar-refractivity contribution in [3.05, 3.63) is 57.4 Å². The number of hydrogen-bond acceptors (Lipinski definition) is 5. The van der Waals surface area contributed by atoms with E-state index in [4.69, 9.17) is 16.0 Å². The Morgan fingerprint density at radius 2 is 2.10 bits per heavy atom. The number of anilines is 2. The van der Waals surface area contributed by atoms with Gasteiger partial charge in [-0.05, 0) is 24.3 Å². The fourth-order valence-electron chi connectivity index (χ4n) is 1.78. The average molecular weight is 308 g/mol. The second-order valence-corrected chi connectivity index (χ2v) is 4.59. The molecule has 3 aromatic rings. The number of rotatable bonds is 3. The maximum atomic E-state index is 13.1. The van der Waals surface area contributed by atoms with Gasteiger partial charge in [-0.15, -0.1) is 0 Å². The molecular formula is C13H7ClFN3O3. The molecule has 0 atom stereocenters. The molecule has 3 rings (SSSR count). The molecule has 0 unspecified atom stereocenters. The van der Waals surface area contributed by atoms with Gasteiger partial charge in [0.2, 0.25) is 0 Å². The van der Waals surface area contributed by atoms with E-state index in [0.717, 1.165) is 0 Å². The summed E-state index contributed by atoms with van der Waals surface area (Å²) in [5.41, 5.74) is 1.15. The van der Waals surface area contributed by atoms with Gasteiger partial charge in [0, 0.05) is 11.8 Å². The summed E-state index contributed by atoms with van der Waals surface area (Å²) in [7, 11) is 0. The number of nitro benzene ring substituents is 1. The van der Waals surface area contributed by atoms with Crippen LogP contribution in [-0.4, -0.2) is 9.91 Å². The molecule has 0 aliphatic rings. The van der Waals surface area contributed by atoms with Crippen LogP contribution in [-0.2, 0) is 0 Å². The van der Waals surface area contributed by atoms with Crippen molar-refractivity contribution < 1.29 is 13.7 Å². The van der Waals surface area contributed by atoms with Gasteiger partial charge in [-0.2, -0.15) is 4.98 Å². The highest BCUT2D eigenvalue weighted by Crippen LogP contribution is 2.27. The van der Waals surface area contributed by atoms with Gasteiger partial charge in [-0.25, -0.2) is 4.39 Å². The topological polar surface area (TPSA) is 81.2 Å². The molecule has 1 aromatic heterocycles. The first kappa shape index (κ1) is 13.3. The molecule has 0 fully saturated rings. The highest BCUT2D eigenvalue weighted by atomic mass is 35.5. The minimum atomic E-state index is -0.532. The smallest absolute Gasteiger partial charge is 0.300 e. The summed E-state index contributed by atoms with van der Waals surface area (Å²) in [6.45, 7) is 0. The predicted octanol–water partition coefficient (Wildman–Crippen LogP) is 4.27. The number of hydrogen-bond donors (Lipinski definition) is 1. The lowest BCUT2D eigenvalue weighted by molar-refractivity contribution is -0.384. The number of non-ortho nitro benzene ring substituents is 1. The largest absolute Gasteiger partial charge is 0.423 e. The zero-order chi connectivity index (χ0) is 15.0. The highest BCUT2D eigenvalue weighted by molar-refractivity contribution is 6.31. The second-order valence-electron chi connectivity index (χ2n) is 4.18. The Hall–Kier alpha value is -2.67. The molecule has 0 aliphatic carbocycles. The molecule has 106 valence electrons. The lowest BCUT2D eigenvalue weighted by atomic mass is 10.3. The zero-order valence-corrected chi connectivity index (χ0v) is 11.1. The number of nitrogens with zero attached hydrogens (tertiary/aromatic N) is 2. The van der Waals surface area contributed by atoms with Crippen LogP contribution in [0.1, 0.15) is 0 Å². The van der Waals surface area contributed by atoms with E-state index >= 15 is 0 Å². The summed E-state index contributed by atoms with van der Waals surface area (Å²) >= 11 is 5.67. The number of nitrogens with one attached hydrogen (secondary N) is 1. The van der Waals surface area contributed by atoms with Gasteiger partial charge in [0.05, 0.1) is 16.0 Å². The molecule has 0 spiro atoms. The van der Waals surface area contributed by atoms with Crippen molar-refractivity contribution in [3.8, 4) is 0 Å². The maximum absolute atomic E-state index is 13.1. The first-order valence-electron chi connectivity index (χ1n) is 5.80. The zero-order valence-electron chi connectivity index (χ0n) is 10.3. The molecule has 0 radical (unpaired) electrons. The minimum absolute atomic E-state index is 0.0354. The third-order valence-corrected chi connectivity index (χ3v) is 3.04.